The molecule has 1 N–H and O–H groups in total. The van der Waals surface area contributed by atoms with Crippen LogP contribution in [0.25, 0.3) is 20.8 Å². The number of aromatic nitrogens is 1. The number of anilines is 1. The molecule has 4 aromatic rings. The van der Waals surface area contributed by atoms with E-state index in [4.69, 9.17) is 39.5 Å². The van der Waals surface area contributed by atoms with E-state index >= 15 is 0 Å². The lowest BCUT2D eigenvalue weighted by molar-refractivity contribution is -0.122. The number of amides is 1. The summed E-state index contributed by atoms with van der Waals surface area (Å²) in [7, 11) is 0. The molecule has 0 aliphatic heterocycles. The van der Waals surface area contributed by atoms with Crippen molar-refractivity contribution in [3.63, 3.8) is 0 Å². The number of hydrogen-bond acceptors (Lipinski definition) is 4. The predicted molar refractivity (Wildman–Crippen MR) is 125 cm³/mol. The Hall–Kier alpha value is -2.31. The van der Waals surface area contributed by atoms with Crippen LogP contribution in [-0.4, -0.2) is 17.0 Å². The molecule has 0 saturated heterocycles. The van der Waals surface area contributed by atoms with Gasteiger partial charge in [-0.3, -0.25) is 4.79 Å². The Kier molecular flexibility index (Phi) is 6.16. The minimum Gasteiger partial charge on any atom is -0.479 e. The van der Waals surface area contributed by atoms with Crippen molar-refractivity contribution >= 4 is 68.0 Å². The number of nitrogens with one attached hydrogen (secondary N) is 1. The number of carbonyl (C=O) groups is 1. The average Bonchev–Trinajstić information content (AvgIpc) is 3.15. The Morgan fingerprint density at radius 2 is 1.83 bits per heavy atom. The standard InChI is InChI=1S/C22H15Cl3N2O2S/c1-12(29-19-9-6-13(23)10-17(19)25)21(28)26-14-7-8-16(24)15(11-14)22-27-18-4-2-3-5-20(18)30-22/h2-12H,1H3,(H,26,28). The van der Waals surface area contributed by atoms with E-state index in [0.29, 0.717) is 26.5 Å². The maximum Gasteiger partial charge on any atom is 0.265 e. The van der Waals surface area contributed by atoms with Crippen molar-refractivity contribution in [2.45, 2.75) is 13.0 Å². The molecule has 4 rings (SSSR count). The fraction of sp³-hybridized carbons (Fsp3) is 0.0909. The third-order valence-electron chi connectivity index (χ3n) is 4.33. The molecule has 0 aliphatic rings. The average molecular weight is 478 g/mol. The number of fused-ring (bicyclic) bond motifs is 1. The van der Waals surface area contributed by atoms with Crippen LogP contribution in [0.5, 0.6) is 5.75 Å². The Morgan fingerprint density at radius 1 is 1.03 bits per heavy atom. The normalized spacial score (nSPS) is 12.0. The number of benzene rings is 3. The minimum absolute atomic E-state index is 0.321. The zero-order chi connectivity index (χ0) is 21.3. The summed E-state index contributed by atoms with van der Waals surface area (Å²) >= 11 is 20.0. The molecule has 0 spiro atoms. The molecule has 30 heavy (non-hydrogen) atoms. The minimum atomic E-state index is -0.773. The van der Waals surface area contributed by atoms with Gasteiger partial charge in [-0.25, -0.2) is 4.98 Å². The van der Waals surface area contributed by atoms with E-state index in [2.05, 4.69) is 10.3 Å². The van der Waals surface area contributed by atoms with Crippen LogP contribution in [0.4, 0.5) is 5.69 Å². The first kappa shape index (κ1) is 20.9. The Bertz CT molecular complexity index is 1210. The Labute approximate surface area is 192 Å². The largest absolute Gasteiger partial charge is 0.479 e. The van der Waals surface area contributed by atoms with Crippen LogP contribution in [0.3, 0.4) is 0 Å². The fourth-order valence-electron chi connectivity index (χ4n) is 2.81. The number of nitrogens with zero attached hydrogens (tertiary/aromatic N) is 1. The quantitative estimate of drug-likeness (QED) is 0.327. The zero-order valence-corrected chi connectivity index (χ0v) is 18.7. The van der Waals surface area contributed by atoms with Crippen molar-refractivity contribution in [3.8, 4) is 16.3 Å². The van der Waals surface area contributed by atoms with Gasteiger partial charge in [-0.1, -0.05) is 46.9 Å². The second kappa shape index (κ2) is 8.82. The molecule has 0 aliphatic carbocycles. The van der Waals surface area contributed by atoms with Gasteiger partial charge in [-0.2, -0.15) is 0 Å². The van der Waals surface area contributed by atoms with Gasteiger partial charge in [0, 0.05) is 16.3 Å². The lowest BCUT2D eigenvalue weighted by atomic mass is 10.2. The highest BCUT2D eigenvalue weighted by molar-refractivity contribution is 7.21. The van der Waals surface area contributed by atoms with Gasteiger partial charge in [0.1, 0.15) is 10.8 Å². The summed E-state index contributed by atoms with van der Waals surface area (Å²) in [5.41, 5.74) is 2.26. The molecular weight excluding hydrogens is 463 g/mol. The molecule has 1 aromatic heterocycles. The van der Waals surface area contributed by atoms with E-state index in [1.807, 2.05) is 24.3 Å². The van der Waals surface area contributed by atoms with E-state index in [-0.39, 0.29) is 5.91 Å². The Morgan fingerprint density at radius 3 is 2.60 bits per heavy atom. The van der Waals surface area contributed by atoms with Crippen LogP contribution < -0.4 is 10.1 Å². The maximum absolute atomic E-state index is 12.6. The number of thiazole rings is 1. The summed E-state index contributed by atoms with van der Waals surface area (Å²) in [6.45, 7) is 1.64. The number of rotatable bonds is 5. The van der Waals surface area contributed by atoms with Gasteiger partial charge in [0.25, 0.3) is 5.91 Å². The van der Waals surface area contributed by atoms with E-state index in [1.54, 1.807) is 54.7 Å². The number of carbonyl (C=O) groups excluding carboxylic acids is 1. The van der Waals surface area contributed by atoms with Gasteiger partial charge < -0.3 is 10.1 Å². The van der Waals surface area contributed by atoms with Crippen molar-refractivity contribution < 1.29 is 9.53 Å². The highest BCUT2D eigenvalue weighted by Crippen LogP contribution is 2.36. The smallest absolute Gasteiger partial charge is 0.265 e. The number of halogens is 3. The molecule has 8 heteroatoms. The fourth-order valence-corrected chi connectivity index (χ4v) is 4.53. The zero-order valence-electron chi connectivity index (χ0n) is 15.7. The molecule has 1 unspecified atom stereocenters. The molecule has 4 nitrogen and oxygen atoms in total. The second-order valence-corrected chi connectivity index (χ2v) is 8.79. The summed E-state index contributed by atoms with van der Waals surface area (Å²) in [4.78, 5) is 17.3. The monoisotopic (exact) mass is 476 g/mol. The first-order valence-electron chi connectivity index (χ1n) is 8.99. The summed E-state index contributed by atoms with van der Waals surface area (Å²) < 4.78 is 6.74. The molecule has 152 valence electrons. The summed E-state index contributed by atoms with van der Waals surface area (Å²) in [5, 5.41) is 5.03. The van der Waals surface area contributed by atoms with Gasteiger partial charge in [0.15, 0.2) is 6.10 Å². The van der Waals surface area contributed by atoms with Gasteiger partial charge >= 0.3 is 0 Å². The molecule has 0 saturated carbocycles. The molecule has 0 radical (unpaired) electrons. The van der Waals surface area contributed by atoms with Gasteiger partial charge in [0.05, 0.1) is 20.3 Å². The maximum atomic E-state index is 12.6. The van der Waals surface area contributed by atoms with Gasteiger partial charge in [0.2, 0.25) is 0 Å². The van der Waals surface area contributed by atoms with Crippen molar-refractivity contribution in [2.24, 2.45) is 0 Å². The third kappa shape index (κ3) is 4.55. The van der Waals surface area contributed by atoms with Crippen LogP contribution in [0, 0.1) is 0 Å². The van der Waals surface area contributed by atoms with Gasteiger partial charge in [-0.05, 0) is 55.5 Å². The number of ether oxygens (including phenoxy) is 1. The van der Waals surface area contributed by atoms with E-state index < -0.39 is 6.10 Å². The van der Waals surface area contributed by atoms with Crippen molar-refractivity contribution in [3.05, 3.63) is 75.7 Å². The lowest BCUT2D eigenvalue weighted by Gasteiger charge is -2.16. The highest BCUT2D eigenvalue weighted by Gasteiger charge is 2.18. The van der Waals surface area contributed by atoms with E-state index in [1.165, 1.54) is 0 Å². The Balaban J connectivity index is 1.53. The highest BCUT2D eigenvalue weighted by atomic mass is 35.5. The molecule has 1 atom stereocenters. The van der Waals surface area contributed by atoms with E-state index in [9.17, 15) is 4.79 Å². The molecule has 0 fully saturated rings. The summed E-state index contributed by atoms with van der Waals surface area (Å²) in [5.74, 6) is 0.0635. The summed E-state index contributed by atoms with van der Waals surface area (Å²) in [6.07, 6.45) is -0.773. The van der Waals surface area contributed by atoms with Crippen molar-refractivity contribution in [1.82, 2.24) is 4.98 Å². The van der Waals surface area contributed by atoms with Gasteiger partial charge in [-0.15, -0.1) is 11.3 Å². The molecule has 0 bridgehead atoms. The van der Waals surface area contributed by atoms with Crippen LogP contribution in [0.1, 0.15) is 6.92 Å². The first-order valence-corrected chi connectivity index (χ1v) is 10.9. The third-order valence-corrected chi connectivity index (χ3v) is 6.25. The lowest BCUT2D eigenvalue weighted by Crippen LogP contribution is -2.30. The second-order valence-electron chi connectivity index (χ2n) is 6.51. The van der Waals surface area contributed by atoms with Crippen molar-refractivity contribution in [1.29, 1.82) is 0 Å². The number of hydrogen-bond donors (Lipinski definition) is 1. The predicted octanol–water partition coefficient (Wildman–Crippen LogP) is 7.33. The molecule has 1 amide bonds. The SMILES string of the molecule is CC(Oc1ccc(Cl)cc1Cl)C(=O)Nc1ccc(Cl)c(-c2nc3ccccc3s2)c1. The summed E-state index contributed by atoms with van der Waals surface area (Å²) in [6, 6.07) is 18.0. The van der Waals surface area contributed by atoms with Crippen LogP contribution in [0.2, 0.25) is 15.1 Å². The topological polar surface area (TPSA) is 51.2 Å². The van der Waals surface area contributed by atoms with Crippen molar-refractivity contribution in [2.75, 3.05) is 5.32 Å². The first-order chi connectivity index (χ1) is 14.4. The van der Waals surface area contributed by atoms with Crippen LogP contribution in [0.15, 0.2) is 60.7 Å². The van der Waals surface area contributed by atoms with Crippen LogP contribution in [-0.2, 0) is 4.79 Å². The molecule has 1 heterocycles. The molecular formula is C22H15Cl3N2O2S. The van der Waals surface area contributed by atoms with Crippen LogP contribution >= 0.6 is 46.1 Å². The number of para-hydroxylation sites is 1. The van der Waals surface area contributed by atoms with E-state index in [0.717, 1.165) is 20.8 Å². The molecule has 3 aromatic carbocycles.